The van der Waals surface area contributed by atoms with Crippen LogP contribution in [0.4, 0.5) is 4.39 Å². The molecule has 1 heterocycles. The summed E-state index contributed by atoms with van der Waals surface area (Å²) in [5.74, 6) is 1.50. The fraction of sp³-hybridized carbons (Fsp3) is 0.286. The summed E-state index contributed by atoms with van der Waals surface area (Å²) in [6.45, 7) is 0. The first-order valence-electron chi connectivity index (χ1n) is 6.36. The van der Waals surface area contributed by atoms with Crippen molar-refractivity contribution in [2.24, 2.45) is 5.73 Å². The summed E-state index contributed by atoms with van der Waals surface area (Å²) in [6.07, 6.45) is 4.73. The van der Waals surface area contributed by atoms with Crippen LogP contribution in [0.2, 0.25) is 0 Å². The van der Waals surface area contributed by atoms with Gasteiger partial charge in [-0.15, -0.1) is 11.8 Å². The molecule has 0 radical (unpaired) electrons. The summed E-state index contributed by atoms with van der Waals surface area (Å²) in [7, 11) is 0. The number of rotatable bonds is 4. The van der Waals surface area contributed by atoms with Crippen molar-refractivity contribution in [2.75, 3.05) is 0 Å². The molecule has 2 aromatic rings. The van der Waals surface area contributed by atoms with Crippen LogP contribution in [0.3, 0.4) is 0 Å². The number of aromatic nitrogens is 2. The van der Waals surface area contributed by atoms with Gasteiger partial charge < -0.3 is 10.3 Å². The van der Waals surface area contributed by atoms with Gasteiger partial charge in [0.25, 0.3) is 0 Å². The monoisotopic (exact) mass is 291 g/mol. The lowest BCUT2D eigenvalue weighted by Crippen LogP contribution is -2.14. The molecule has 0 saturated heterocycles. The number of halogens is 1. The Kier molecular flexibility index (Phi) is 3.84. The Bertz CT molecular complexity index is 628. The fourth-order valence-corrected chi connectivity index (χ4v) is 2.87. The van der Waals surface area contributed by atoms with Crippen LogP contribution in [0.1, 0.15) is 24.1 Å². The molecule has 1 aliphatic carbocycles. The minimum absolute atomic E-state index is 0.0585. The van der Waals surface area contributed by atoms with Crippen molar-refractivity contribution in [2.45, 2.75) is 29.0 Å². The Morgan fingerprint density at radius 2 is 2.20 bits per heavy atom. The average Bonchev–Trinajstić information content (AvgIpc) is 3.06. The van der Waals surface area contributed by atoms with Crippen molar-refractivity contribution >= 4 is 11.8 Å². The van der Waals surface area contributed by atoms with Crippen molar-refractivity contribution < 1.29 is 8.91 Å². The molecular formula is C14H14FN3OS. The normalized spacial score (nSPS) is 21.5. The predicted octanol–water partition coefficient (Wildman–Crippen LogP) is 2.87. The molecule has 4 nitrogen and oxygen atoms in total. The van der Waals surface area contributed by atoms with Gasteiger partial charge in [0.05, 0.1) is 11.7 Å². The summed E-state index contributed by atoms with van der Waals surface area (Å²) in [4.78, 5) is 4.93. The van der Waals surface area contributed by atoms with Crippen LogP contribution in [0.15, 0.2) is 45.8 Å². The second-order valence-corrected chi connectivity index (χ2v) is 5.68. The van der Waals surface area contributed by atoms with E-state index in [1.807, 2.05) is 12.2 Å². The van der Waals surface area contributed by atoms with Gasteiger partial charge in [-0.1, -0.05) is 29.4 Å². The van der Waals surface area contributed by atoms with Gasteiger partial charge in [-0.2, -0.15) is 4.98 Å². The Labute approximate surface area is 120 Å². The third-order valence-corrected chi connectivity index (χ3v) is 4.16. The molecule has 104 valence electrons. The molecular weight excluding hydrogens is 277 g/mol. The lowest BCUT2D eigenvalue weighted by atomic mass is 10.1. The topological polar surface area (TPSA) is 64.9 Å². The first kappa shape index (κ1) is 13.3. The largest absolute Gasteiger partial charge is 0.339 e. The third-order valence-electron chi connectivity index (χ3n) is 3.11. The zero-order chi connectivity index (χ0) is 13.9. The lowest BCUT2D eigenvalue weighted by Gasteiger charge is -2.02. The van der Waals surface area contributed by atoms with Crippen molar-refractivity contribution in [3.05, 3.63) is 53.9 Å². The zero-order valence-corrected chi connectivity index (χ0v) is 11.5. The summed E-state index contributed by atoms with van der Waals surface area (Å²) in [6, 6.07) is 6.71. The molecule has 20 heavy (non-hydrogen) atoms. The maximum Gasteiger partial charge on any atom is 0.233 e. The molecule has 1 aliphatic rings. The number of allylic oxidation sites excluding steroid dienone is 1. The Hall–Kier alpha value is -1.66. The first-order chi connectivity index (χ1) is 9.72. The van der Waals surface area contributed by atoms with Gasteiger partial charge in [0, 0.05) is 10.9 Å². The summed E-state index contributed by atoms with van der Waals surface area (Å²) >= 11 is 1.35. The van der Waals surface area contributed by atoms with E-state index >= 15 is 0 Å². The van der Waals surface area contributed by atoms with Gasteiger partial charge in [-0.3, -0.25) is 0 Å². The highest BCUT2D eigenvalue weighted by atomic mass is 32.2. The van der Waals surface area contributed by atoms with E-state index < -0.39 is 0 Å². The molecule has 0 fully saturated rings. The van der Waals surface area contributed by atoms with Crippen molar-refractivity contribution in [3.8, 4) is 0 Å². The molecule has 6 heteroatoms. The molecule has 2 unspecified atom stereocenters. The Balaban J connectivity index is 1.63. The second-order valence-electron chi connectivity index (χ2n) is 4.66. The molecule has 0 bridgehead atoms. The number of nitrogens with two attached hydrogens (primary N) is 1. The van der Waals surface area contributed by atoms with E-state index in [0.717, 1.165) is 6.42 Å². The SMILES string of the molecule is NC1C=CC(c2nc(CSc3ccccc3F)no2)C1. The Morgan fingerprint density at radius 1 is 1.35 bits per heavy atom. The van der Waals surface area contributed by atoms with Gasteiger partial charge in [0.1, 0.15) is 5.82 Å². The number of thioether (sulfide) groups is 1. The first-order valence-corrected chi connectivity index (χ1v) is 7.34. The minimum Gasteiger partial charge on any atom is -0.339 e. The van der Waals surface area contributed by atoms with Crippen molar-refractivity contribution in [1.29, 1.82) is 0 Å². The van der Waals surface area contributed by atoms with Crippen LogP contribution in [0.25, 0.3) is 0 Å². The highest BCUT2D eigenvalue weighted by molar-refractivity contribution is 7.98. The molecule has 1 aromatic carbocycles. The van der Waals surface area contributed by atoms with Crippen LogP contribution < -0.4 is 5.73 Å². The van der Waals surface area contributed by atoms with Gasteiger partial charge in [-0.25, -0.2) is 4.39 Å². The highest BCUT2D eigenvalue weighted by Gasteiger charge is 2.23. The van der Waals surface area contributed by atoms with Gasteiger partial charge in [0.2, 0.25) is 5.89 Å². The van der Waals surface area contributed by atoms with E-state index in [2.05, 4.69) is 10.1 Å². The molecule has 2 atom stereocenters. The van der Waals surface area contributed by atoms with Gasteiger partial charge >= 0.3 is 0 Å². The average molecular weight is 291 g/mol. The minimum atomic E-state index is -0.231. The molecule has 0 saturated carbocycles. The predicted molar refractivity (Wildman–Crippen MR) is 74.7 cm³/mol. The van der Waals surface area contributed by atoms with Gasteiger partial charge in [0.15, 0.2) is 5.82 Å². The van der Waals surface area contributed by atoms with E-state index in [0.29, 0.717) is 22.4 Å². The van der Waals surface area contributed by atoms with E-state index in [9.17, 15) is 4.39 Å². The summed E-state index contributed by atoms with van der Waals surface area (Å²) < 4.78 is 18.7. The standard InChI is InChI=1S/C14H14FN3OS/c15-11-3-1-2-4-12(11)20-8-13-17-14(19-18-13)9-5-6-10(16)7-9/h1-6,9-10H,7-8,16H2. The number of benzene rings is 1. The number of hydrogen-bond donors (Lipinski definition) is 1. The van der Waals surface area contributed by atoms with Crippen molar-refractivity contribution in [3.63, 3.8) is 0 Å². The molecule has 2 N–H and O–H groups in total. The quantitative estimate of drug-likeness (QED) is 0.693. The third kappa shape index (κ3) is 2.91. The fourth-order valence-electron chi connectivity index (χ4n) is 2.09. The molecule has 0 aliphatic heterocycles. The summed E-state index contributed by atoms with van der Waals surface area (Å²) in [5.41, 5.74) is 5.80. The number of nitrogens with zero attached hydrogens (tertiary/aromatic N) is 2. The molecule has 3 rings (SSSR count). The van der Waals surface area contributed by atoms with Crippen LogP contribution in [0.5, 0.6) is 0 Å². The smallest absolute Gasteiger partial charge is 0.233 e. The van der Waals surface area contributed by atoms with Crippen LogP contribution in [-0.2, 0) is 5.75 Å². The molecule has 0 spiro atoms. The van der Waals surface area contributed by atoms with Crippen molar-refractivity contribution in [1.82, 2.24) is 10.1 Å². The van der Waals surface area contributed by atoms with Crippen LogP contribution in [0, 0.1) is 5.82 Å². The van der Waals surface area contributed by atoms with E-state index in [-0.39, 0.29) is 17.8 Å². The van der Waals surface area contributed by atoms with Crippen LogP contribution in [-0.4, -0.2) is 16.2 Å². The number of hydrogen-bond acceptors (Lipinski definition) is 5. The zero-order valence-electron chi connectivity index (χ0n) is 10.7. The van der Waals surface area contributed by atoms with E-state index in [1.165, 1.54) is 17.8 Å². The van der Waals surface area contributed by atoms with E-state index in [4.69, 9.17) is 10.3 Å². The van der Waals surface area contributed by atoms with Crippen LogP contribution >= 0.6 is 11.8 Å². The van der Waals surface area contributed by atoms with E-state index in [1.54, 1.807) is 18.2 Å². The molecule has 0 amide bonds. The summed E-state index contributed by atoms with van der Waals surface area (Å²) in [5, 5.41) is 3.93. The maximum atomic E-state index is 13.5. The molecule has 1 aromatic heterocycles. The highest BCUT2D eigenvalue weighted by Crippen LogP contribution is 2.28. The Morgan fingerprint density at radius 3 is 2.95 bits per heavy atom. The van der Waals surface area contributed by atoms with Gasteiger partial charge in [-0.05, 0) is 18.6 Å². The lowest BCUT2D eigenvalue weighted by molar-refractivity contribution is 0.361. The maximum absolute atomic E-state index is 13.5. The second kappa shape index (κ2) is 5.76.